The maximum absolute atomic E-state index is 11.9. The Bertz CT molecular complexity index is 499. The molecular weight excluding hydrogens is 244 g/mol. The largest absolute Gasteiger partial charge is 0.481 e. The minimum atomic E-state index is -0.858. The van der Waals surface area contributed by atoms with Crippen LogP contribution in [-0.2, 0) is 11.2 Å². The van der Waals surface area contributed by atoms with Crippen molar-refractivity contribution < 1.29 is 14.7 Å². The van der Waals surface area contributed by atoms with Crippen LogP contribution in [0.5, 0.6) is 0 Å². The monoisotopic (exact) mass is 262 g/mol. The first-order chi connectivity index (χ1) is 9.08. The lowest BCUT2D eigenvalue weighted by atomic mass is 9.96. The summed E-state index contributed by atoms with van der Waals surface area (Å²) in [5.74, 6) is -0.928. The Balaban J connectivity index is 2.19. The second kappa shape index (κ2) is 5.84. The van der Waals surface area contributed by atoms with Crippen molar-refractivity contribution in [3.63, 3.8) is 0 Å². The topological polar surface area (TPSA) is 92.4 Å². The number of carboxylic acid groups (broad SMARTS) is 1. The molecule has 0 aliphatic carbocycles. The van der Waals surface area contributed by atoms with E-state index in [9.17, 15) is 9.59 Å². The van der Waals surface area contributed by atoms with Crippen molar-refractivity contribution in [2.45, 2.75) is 31.7 Å². The van der Waals surface area contributed by atoms with E-state index in [0.717, 1.165) is 24.0 Å². The Labute approximate surface area is 111 Å². The van der Waals surface area contributed by atoms with Gasteiger partial charge >= 0.3 is 5.97 Å². The number of nitrogens with two attached hydrogens (primary N) is 1. The average molecular weight is 262 g/mol. The Morgan fingerprint density at radius 1 is 1.47 bits per heavy atom. The Hall–Kier alpha value is -1.88. The number of amides is 1. The molecule has 4 N–H and O–H groups in total. The molecule has 0 radical (unpaired) electrons. The smallest absolute Gasteiger partial charge is 0.303 e. The van der Waals surface area contributed by atoms with Gasteiger partial charge < -0.3 is 16.2 Å². The molecular formula is C14H18N2O3. The lowest BCUT2D eigenvalue weighted by Crippen LogP contribution is -2.23. The summed E-state index contributed by atoms with van der Waals surface area (Å²) in [5.41, 5.74) is 8.48. The standard InChI is InChI=1S/C14H18N2O3/c15-12(5-6-13(17)18)10-4-3-9-2-1-7-16-14(19)11(9)8-10/h3-4,8,12H,1-2,5-7,15H2,(H,16,19)(H,17,18). The summed E-state index contributed by atoms with van der Waals surface area (Å²) in [6.45, 7) is 0.688. The molecule has 1 heterocycles. The number of aryl methyl sites for hydroxylation is 1. The molecule has 102 valence electrons. The van der Waals surface area contributed by atoms with E-state index in [1.165, 1.54) is 0 Å². The van der Waals surface area contributed by atoms with Gasteiger partial charge in [-0.3, -0.25) is 9.59 Å². The SMILES string of the molecule is NC(CCC(=O)O)c1ccc2c(c1)C(=O)NCCC2. The second-order valence-corrected chi connectivity index (χ2v) is 4.81. The summed E-state index contributed by atoms with van der Waals surface area (Å²) < 4.78 is 0. The Kier molecular flexibility index (Phi) is 4.16. The third-order valence-corrected chi connectivity index (χ3v) is 3.38. The van der Waals surface area contributed by atoms with Gasteiger partial charge in [-0.05, 0) is 36.5 Å². The van der Waals surface area contributed by atoms with E-state index in [1.54, 1.807) is 6.07 Å². The van der Waals surface area contributed by atoms with Crippen LogP contribution in [0.2, 0.25) is 0 Å². The number of rotatable bonds is 4. The lowest BCUT2D eigenvalue weighted by molar-refractivity contribution is -0.137. The van der Waals surface area contributed by atoms with Crippen molar-refractivity contribution in [2.75, 3.05) is 6.54 Å². The van der Waals surface area contributed by atoms with Gasteiger partial charge in [0.1, 0.15) is 0 Å². The van der Waals surface area contributed by atoms with Crippen LogP contribution in [0, 0.1) is 0 Å². The Morgan fingerprint density at radius 3 is 3.00 bits per heavy atom. The molecule has 1 aromatic rings. The van der Waals surface area contributed by atoms with Crippen LogP contribution in [0.1, 0.15) is 46.8 Å². The highest BCUT2D eigenvalue weighted by molar-refractivity contribution is 5.96. The number of carboxylic acids is 1. The summed E-state index contributed by atoms with van der Waals surface area (Å²) in [4.78, 5) is 22.4. The predicted molar refractivity (Wildman–Crippen MR) is 70.9 cm³/mol. The molecule has 19 heavy (non-hydrogen) atoms. The molecule has 0 saturated heterocycles. The summed E-state index contributed by atoms with van der Waals surface area (Å²) >= 11 is 0. The van der Waals surface area contributed by atoms with Gasteiger partial charge in [-0.2, -0.15) is 0 Å². The molecule has 0 fully saturated rings. The van der Waals surface area contributed by atoms with Crippen molar-refractivity contribution in [1.29, 1.82) is 0 Å². The van der Waals surface area contributed by atoms with Gasteiger partial charge in [0.25, 0.3) is 5.91 Å². The van der Waals surface area contributed by atoms with E-state index in [1.807, 2.05) is 12.1 Å². The molecule has 1 aliphatic rings. The van der Waals surface area contributed by atoms with E-state index in [4.69, 9.17) is 10.8 Å². The quantitative estimate of drug-likeness (QED) is 0.760. The number of hydrogen-bond acceptors (Lipinski definition) is 3. The maximum Gasteiger partial charge on any atom is 0.303 e. The van der Waals surface area contributed by atoms with E-state index >= 15 is 0 Å². The summed E-state index contributed by atoms with van der Waals surface area (Å²) in [7, 11) is 0. The molecule has 2 rings (SSSR count). The molecule has 1 atom stereocenters. The van der Waals surface area contributed by atoms with E-state index in [0.29, 0.717) is 18.5 Å². The van der Waals surface area contributed by atoms with Gasteiger partial charge in [-0.25, -0.2) is 0 Å². The third kappa shape index (κ3) is 3.32. The highest BCUT2D eigenvalue weighted by Gasteiger charge is 2.17. The number of fused-ring (bicyclic) bond motifs is 1. The fourth-order valence-electron chi connectivity index (χ4n) is 2.28. The highest BCUT2D eigenvalue weighted by atomic mass is 16.4. The molecule has 0 spiro atoms. The molecule has 0 aromatic heterocycles. The first-order valence-corrected chi connectivity index (χ1v) is 6.46. The molecule has 1 unspecified atom stereocenters. The molecule has 1 amide bonds. The van der Waals surface area contributed by atoms with E-state index < -0.39 is 5.97 Å². The number of benzene rings is 1. The second-order valence-electron chi connectivity index (χ2n) is 4.81. The number of nitrogens with one attached hydrogen (secondary N) is 1. The van der Waals surface area contributed by atoms with Crippen LogP contribution in [-0.4, -0.2) is 23.5 Å². The van der Waals surface area contributed by atoms with E-state index in [-0.39, 0.29) is 18.4 Å². The van der Waals surface area contributed by atoms with Crippen LogP contribution in [0.25, 0.3) is 0 Å². The highest BCUT2D eigenvalue weighted by Crippen LogP contribution is 2.22. The fraction of sp³-hybridized carbons (Fsp3) is 0.429. The summed E-state index contributed by atoms with van der Waals surface area (Å²) in [5, 5.41) is 11.5. The first-order valence-electron chi connectivity index (χ1n) is 6.46. The lowest BCUT2D eigenvalue weighted by Gasteiger charge is -2.13. The molecule has 5 heteroatoms. The maximum atomic E-state index is 11.9. The van der Waals surface area contributed by atoms with E-state index in [2.05, 4.69) is 5.32 Å². The number of aliphatic carboxylic acids is 1. The van der Waals surface area contributed by atoms with Gasteiger partial charge in [-0.15, -0.1) is 0 Å². The normalized spacial score (nSPS) is 16.2. The predicted octanol–water partition coefficient (Wildman–Crippen LogP) is 1.23. The Morgan fingerprint density at radius 2 is 2.26 bits per heavy atom. The summed E-state index contributed by atoms with van der Waals surface area (Å²) in [6, 6.07) is 5.26. The van der Waals surface area contributed by atoms with Crippen molar-refractivity contribution in [3.05, 3.63) is 34.9 Å². The molecule has 5 nitrogen and oxygen atoms in total. The van der Waals surface area contributed by atoms with Crippen molar-refractivity contribution in [1.82, 2.24) is 5.32 Å². The van der Waals surface area contributed by atoms with Gasteiger partial charge in [-0.1, -0.05) is 12.1 Å². The summed E-state index contributed by atoms with van der Waals surface area (Å²) in [6.07, 6.45) is 2.21. The fourth-order valence-corrected chi connectivity index (χ4v) is 2.28. The average Bonchev–Trinajstić information content (AvgIpc) is 2.58. The zero-order chi connectivity index (χ0) is 13.8. The third-order valence-electron chi connectivity index (χ3n) is 3.38. The van der Waals surface area contributed by atoms with Crippen LogP contribution in [0.4, 0.5) is 0 Å². The first kappa shape index (κ1) is 13.5. The number of hydrogen-bond donors (Lipinski definition) is 3. The number of carbonyl (C=O) groups is 2. The van der Waals surface area contributed by atoms with Crippen molar-refractivity contribution in [2.24, 2.45) is 5.73 Å². The molecule has 0 bridgehead atoms. The van der Waals surface area contributed by atoms with Crippen LogP contribution < -0.4 is 11.1 Å². The minimum absolute atomic E-state index is 0.0322. The zero-order valence-corrected chi connectivity index (χ0v) is 10.7. The van der Waals surface area contributed by atoms with Gasteiger partial charge in [0.2, 0.25) is 0 Å². The molecule has 1 aliphatic heterocycles. The van der Waals surface area contributed by atoms with Crippen LogP contribution in [0.15, 0.2) is 18.2 Å². The van der Waals surface area contributed by atoms with Crippen molar-refractivity contribution in [3.8, 4) is 0 Å². The van der Waals surface area contributed by atoms with Gasteiger partial charge in [0, 0.05) is 24.6 Å². The zero-order valence-electron chi connectivity index (χ0n) is 10.7. The van der Waals surface area contributed by atoms with Crippen LogP contribution in [0.3, 0.4) is 0 Å². The van der Waals surface area contributed by atoms with Crippen molar-refractivity contribution >= 4 is 11.9 Å². The van der Waals surface area contributed by atoms with Gasteiger partial charge in [0.15, 0.2) is 0 Å². The number of carbonyl (C=O) groups excluding carboxylic acids is 1. The molecule has 0 saturated carbocycles. The van der Waals surface area contributed by atoms with Gasteiger partial charge in [0.05, 0.1) is 0 Å². The van der Waals surface area contributed by atoms with Crippen LogP contribution >= 0.6 is 0 Å². The molecule has 1 aromatic carbocycles. The minimum Gasteiger partial charge on any atom is -0.481 e.